The lowest BCUT2D eigenvalue weighted by Crippen LogP contribution is -2.59. The highest BCUT2D eigenvalue weighted by atomic mass is 32.2. The van der Waals surface area contributed by atoms with Gasteiger partial charge in [0.05, 0.1) is 11.5 Å². The number of hydrogen-bond donors (Lipinski definition) is 4. The van der Waals surface area contributed by atoms with E-state index in [-0.39, 0.29) is 4.90 Å². The normalized spacial score (nSPS) is 32.0. The first kappa shape index (κ1) is 18.3. The van der Waals surface area contributed by atoms with Crippen LogP contribution in [0.3, 0.4) is 0 Å². The number of ether oxygens (including phenoxy) is 2. The van der Waals surface area contributed by atoms with Crippen LogP contribution >= 0.6 is 0 Å². The van der Waals surface area contributed by atoms with Crippen LogP contribution in [-0.2, 0) is 19.3 Å². The van der Waals surface area contributed by atoms with Crippen LogP contribution < -0.4 is 0 Å². The third-order valence-electron chi connectivity index (χ3n) is 3.66. The van der Waals surface area contributed by atoms with Crippen LogP contribution in [0.2, 0.25) is 0 Å². The Morgan fingerprint density at radius 1 is 1.13 bits per heavy atom. The highest BCUT2D eigenvalue weighted by Gasteiger charge is 2.44. The average Bonchev–Trinajstić information content (AvgIpc) is 2.52. The van der Waals surface area contributed by atoms with Gasteiger partial charge in [0.25, 0.3) is 0 Å². The van der Waals surface area contributed by atoms with Crippen molar-refractivity contribution in [3.63, 3.8) is 0 Å². The molecule has 23 heavy (non-hydrogen) atoms. The Kier molecular flexibility index (Phi) is 5.74. The summed E-state index contributed by atoms with van der Waals surface area (Å²) in [7, 11) is -3.79. The third kappa shape index (κ3) is 3.89. The zero-order valence-electron chi connectivity index (χ0n) is 12.4. The van der Waals surface area contributed by atoms with Crippen LogP contribution in [0.15, 0.2) is 29.2 Å². The highest BCUT2D eigenvalue weighted by Crippen LogP contribution is 2.23. The summed E-state index contributed by atoms with van der Waals surface area (Å²) in [5.74, 6) is -0.777. The van der Waals surface area contributed by atoms with Gasteiger partial charge in [-0.3, -0.25) is 0 Å². The van der Waals surface area contributed by atoms with Crippen molar-refractivity contribution in [3.05, 3.63) is 29.8 Å². The quantitative estimate of drug-likeness (QED) is 0.507. The number of sulfone groups is 1. The van der Waals surface area contributed by atoms with Crippen LogP contribution in [0.25, 0.3) is 0 Å². The molecule has 130 valence electrons. The zero-order chi connectivity index (χ0) is 17.2. The summed E-state index contributed by atoms with van der Waals surface area (Å²) in [4.78, 5) is 0.0876. The molecule has 1 aromatic rings. The van der Waals surface area contributed by atoms with E-state index in [1.807, 2.05) is 0 Å². The predicted molar refractivity (Wildman–Crippen MR) is 78.1 cm³/mol. The van der Waals surface area contributed by atoms with Crippen LogP contribution in [0, 0.1) is 6.92 Å². The molecule has 1 saturated heterocycles. The van der Waals surface area contributed by atoms with E-state index in [1.54, 1.807) is 25.1 Å². The molecule has 4 N–H and O–H groups in total. The molecular weight excluding hydrogens is 328 g/mol. The van der Waals surface area contributed by atoms with Gasteiger partial charge in [-0.05, 0) is 18.6 Å². The Hall–Kier alpha value is -1.07. The molecule has 8 nitrogen and oxygen atoms in total. The SMILES string of the molecule is Cc1ccccc1S(=O)(=O)CO[C@H]1O[C@H](CO)[C@@H](O)[C@H](O)[C@H]1O. The maximum absolute atomic E-state index is 12.3. The van der Waals surface area contributed by atoms with Crippen LogP contribution in [0.1, 0.15) is 5.56 Å². The van der Waals surface area contributed by atoms with Crippen molar-refractivity contribution < 1.29 is 38.3 Å². The number of aliphatic hydroxyl groups is 4. The lowest BCUT2D eigenvalue weighted by atomic mass is 9.99. The molecule has 0 saturated carbocycles. The molecule has 0 aliphatic carbocycles. The van der Waals surface area contributed by atoms with Crippen molar-refractivity contribution in [1.29, 1.82) is 0 Å². The Morgan fingerprint density at radius 3 is 2.39 bits per heavy atom. The fourth-order valence-corrected chi connectivity index (χ4v) is 3.62. The van der Waals surface area contributed by atoms with Gasteiger partial charge in [0.2, 0.25) is 9.84 Å². The second kappa shape index (κ2) is 7.22. The van der Waals surface area contributed by atoms with E-state index in [1.165, 1.54) is 6.07 Å². The van der Waals surface area contributed by atoms with E-state index in [0.717, 1.165) is 0 Å². The van der Waals surface area contributed by atoms with Gasteiger partial charge in [-0.2, -0.15) is 0 Å². The van der Waals surface area contributed by atoms with Gasteiger partial charge in [-0.25, -0.2) is 8.42 Å². The molecule has 0 unspecified atom stereocenters. The molecule has 1 heterocycles. The molecule has 1 aromatic carbocycles. The summed E-state index contributed by atoms with van der Waals surface area (Å²) >= 11 is 0. The summed E-state index contributed by atoms with van der Waals surface area (Å²) in [5, 5.41) is 38.2. The minimum absolute atomic E-state index is 0.0876. The lowest BCUT2D eigenvalue weighted by Gasteiger charge is -2.39. The van der Waals surface area contributed by atoms with Gasteiger partial charge in [-0.15, -0.1) is 0 Å². The Labute approximate surface area is 133 Å². The summed E-state index contributed by atoms with van der Waals surface area (Å²) in [6.45, 7) is 1.02. The summed E-state index contributed by atoms with van der Waals surface area (Å²) in [6.07, 6.45) is -7.42. The van der Waals surface area contributed by atoms with Crippen molar-refractivity contribution in [2.24, 2.45) is 0 Å². The van der Waals surface area contributed by atoms with E-state index in [4.69, 9.17) is 14.6 Å². The van der Waals surface area contributed by atoms with Gasteiger partial charge in [-0.1, -0.05) is 18.2 Å². The molecular formula is C14H20O8S. The minimum atomic E-state index is -3.79. The van der Waals surface area contributed by atoms with Crippen LogP contribution in [0.5, 0.6) is 0 Å². The number of benzene rings is 1. The molecule has 5 atom stereocenters. The van der Waals surface area contributed by atoms with Crippen molar-refractivity contribution in [2.75, 3.05) is 12.5 Å². The number of aliphatic hydroxyl groups excluding tert-OH is 4. The Bertz CT molecular complexity index is 629. The molecule has 1 aliphatic rings. The standard InChI is InChI=1S/C14H20O8S/c1-8-4-2-3-5-10(8)23(19,20)7-21-14-13(18)12(17)11(16)9(6-15)22-14/h2-5,9,11-18H,6-7H2,1H3/t9-,11-,12+,13-,14+/m1/s1. The minimum Gasteiger partial charge on any atom is -0.394 e. The van der Waals surface area contributed by atoms with Gasteiger partial charge in [0.1, 0.15) is 24.4 Å². The number of aryl methyl sites for hydroxylation is 1. The smallest absolute Gasteiger partial charge is 0.202 e. The van der Waals surface area contributed by atoms with E-state index in [0.29, 0.717) is 5.56 Å². The highest BCUT2D eigenvalue weighted by molar-refractivity contribution is 7.91. The van der Waals surface area contributed by atoms with E-state index >= 15 is 0 Å². The molecule has 0 amide bonds. The fraction of sp³-hybridized carbons (Fsp3) is 0.571. The molecule has 1 aliphatic heterocycles. The average molecular weight is 348 g/mol. The first-order valence-corrected chi connectivity index (χ1v) is 8.63. The third-order valence-corrected chi connectivity index (χ3v) is 5.24. The Morgan fingerprint density at radius 2 is 1.78 bits per heavy atom. The first-order valence-electron chi connectivity index (χ1n) is 6.98. The monoisotopic (exact) mass is 348 g/mol. The molecule has 2 rings (SSSR count). The Balaban J connectivity index is 2.09. The van der Waals surface area contributed by atoms with Crippen molar-refractivity contribution in [2.45, 2.75) is 42.5 Å². The van der Waals surface area contributed by atoms with Crippen LogP contribution in [-0.4, -0.2) is 72.1 Å². The second-order valence-electron chi connectivity index (χ2n) is 5.36. The van der Waals surface area contributed by atoms with Gasteiger partial charge >= 0.3 is 0 Å². The van der Waals surface area contributed by atoms with E-state index in [9.17, 15) is 23.7 Å². The number of rotatable bonds is 5. The topological polar surface area (TPSA) is 134 Å². The second-order valence-corrected chi connectivity index (χ2v) is 7.27. The molecule has 0 spiro atoms. The van der Waals surface area contributed by atoms with Crippen molar-refractivity contribution >= 4 is 9.84 Å². The van der Waals surface area contributed by atoms with Gasteiger partial charge in [0.15, 0.2) is 12.2 Å². The van der Waals surface area contributed by atoms with E-state index in [2.05, 4.69) is 0 Å². The molecule has 1 fully saturated rings. The molecule has 0 aromatic heterocycles. The first-order chi connectivity index (χ1) is 10.8. The largest absolute Gasteiger partial charge is 0.394 e. The van der Waals surface area contributed by atoms with Crippen molar-refractivity contribution in [3.8, 4) is 0 Å². The fourth-order valence-electron chi connectivity index (χ4n) is 2.33. The summed E-state index contributed by atoms with van der Waals surface area (Å²) in [6, 6.07) is 6.35. The van der Waals surface area contributed by atoms with Gasteiger partial charge < -0.3 is 29.9 Å². The van der Waals surface area contributed by atoms with Gasteiger partial charge in [0, 0.05) is 0 Å². The van der Waals surface area contributed by atoms with Crippen LogP contribution in [0.4, 0.5) is 0 Å². The maximum Gasteiger partial charge on any atom is 0.202 e. The van der Waals surface area contributed by atoms with E-state index < -0.39 is 53.1 Å². The molecule has 0 bridgehead atoms. The lowest BCUT2D eigenvalue weighted by molar-refractivity contribution is -0.296. The molecule has 0 radical (unpaired) electrons. The zero-order valence-corrected chi connectivity index (χ0v) is 13.3. The molecule has 9 heteroatoms. The van der Waals surface area contributed by atoms with Crippen molar-refractivity contribution in [1.82, 2.24) is 0 Å². The predicted octanol–water partition coefficient (Wildman–Crippen LogP) is -1.46. The number of hydrogen-bond acceptors (Lipinski definition) is 8. The maximum atomic E-state index is 12.3. The summed E-state index contributed by atoms with van der Waals surface area (Å²) < 4.78 is 34.7. The summed E-state index contributed by atoms with van der Waals surface area (Å²) in [5.41, 5.74) is 0.546.